The minimum atomic E-state index is -0.382. The molecule has 1 aromatic carbocycles. The van der Waals surface area contributed by atoms with Crippen LogP contribution in [-0.2, 0) is 4.79 Å². The highest BCUT2D eigenvalue weighted by molar-refractivity contribution is 6.21. The second kappa shape index (κ2) is 4.20. The van der Waals surface area contributed by atoms with Gasteiger partial charge in [0.1, 0.15) is 5.82 Å². The number of hydrogen-bond donors (Lipinski definition) is 1. The van der Waals surface area contributed by atoms with Crippen LogP contribution in [0.4, 0.5) is 0 Å². The molecule has 2 N–H and O–H groups in total. The van der Waals surface area contributed by atoms with Crippen LogP contribution < -0.4 is 16.2 Å². The minimum Gasteiger partial charge on any atom is -0.366 e. The summed E-state index contributed by atoms with van der Waals surface area (Å²) in [5.74, 6) is 0.774. The van der Waals surface area contributed by atoms with E-state index in [1.54, 1.807) is 0 Å². The van der Waals surface area contributed by atoms with Crippen molar-refractivity contribution in [3.05, 3.63) is 70.1 Å². The number of nitrogens with two attached hydrogens (primary N) is 1. The van der Waals surface area contributed by atoms with Crippen molar-refractivity contribution in [1.82, 2.24) is 9.55 Å². The maximum atomic E-state index is 11.6. The lowest BCUT2D eigenvalue weighted by atomic mass is 9.86. The van der Waals surface area contributed by atoms with Crippen LogP contribution in [-0.4, -0.2) is 15.5 Å². The number of rotatable bonds is 1. The molecule has 0 bridgehead atoms. The number of nitrogens with zero attached hydrogens (tertiary/aromatic N) is 2. The Bertz CT molecular complexity index is 1100. The second-order valence-electron chi connectivity index (χ2n) is 5.89. The third-order valence-electron chi connectivity index (χ3n) is 4.75. The van der Waals surface area contributed by atoms with E-state index in [9.17, 15) is 4.79 Å². The molecule has 0 saturated heterocycles. The van der Waals surface area contributed by atoms with Crippen molar-refractivity contribution < 1.29 is 4.79 Å². The van der Waals surface area contributed by atoms with Gasteiger partial charge in [0.25, 0.3) is 0 Å². The summed E-state index contributed by atoms with van der Waals surface area (Å²) in [4.78, 5) is 15.9. The van der Waals surface area contributed by atoms with E-state index in [0.717, 1.165) is 21.8 Å². The molecular formula is C19H13N3O. The fraction of sp³-hybridized carbons (Fsp3) is 0.0526. The number of fused-ring (bicyclic) bond motifs is 7. The number of benzene rings is 1. The first-order chi connectivity index (χ1) is 11.2. The highest BCUT2D eigenvalue weighted by Crippen LogP contribution is 2.34. The lowest BCUT2D eigenvalue weighted by Gasteiger charge is -2.26. The standard InChI is InChI=1S/C19H13N3O/c20-19(23)16-4-3-11-12-5-7-17-15(13(12)1-2-14(11)16)6-8-18-21-9-10-22(17)18/h1-10,15H,(H2,20,23). The molecule has 5 rings (SSSR count). The lowest BCUT2D eigenvalue weighted by Crippen LogP contribution is -2.34. The predicted octanol–water partition coefficient (Wildman–Crippen LogP) is 0.992. The Morgan fingerprint density at radius 1 is 1.13 bits per heavy atom. The van der Waals surface area contributed by atoms with E-state index < -0.39 is 0 Å². The number of hydrogen-bond acceptors (Lipinski definition) is 2. The number of aromatic nitrogens is 2. The maximum Gasteiger partial charge on any atom is 0.249 e. The fourth-order valence-electron chi connectivity index (χ4n) is 3.70. The Labute approximate surface area is 132 Å². The van der Waals surface area contributed by atoms with Crippen molar-refractivity contribution >= 4 is 35.4 Å². The molecule has 1 amide bonds. The Kier molecular flexibility index (Phi) is 2.26. The van der Waals surface area contributed by atoms with E-state index in [-0.39, 0.29) is 11.8 Å². The molecule has 0 radical (unpaired) electrons. The van der Waals surface area contributed by atoms with Gasteiger partial charge in [0.2, 0.25) is 5.91 Å². The molecule has 1 aliphatic heterocycles. The van der Waals surface area contributed by atoms with Gasteiger partial charge in [-0.05, 0) is 39.8 Å². The summed E-state index contributed by atoms with van der Waals surface area (Å²) < 4.78 is 2.12. The number of imidazole rings is 1. The van der Waals surface area contributed by atoms with E-state index in [1.165, 1.54) is 11.3 Å². The molecule has 23 heavy (non-hydrogen) atoms. The second-order valence-corrected chi connectivity index (χ2v) is 5.89. The van der Waals surface area contributed by atoms with E-state index in [1.807, 2.05) is 30.6 Å². The van der Waals surface area contributed by atoms with Gasteiger partial charge in [-0.15, -0.1) is 0 Å². The summed E-state index contributed by atoms with van der Waals surface area (Å²) in [5, 5.41) is 2.24. The number of carbonyl (C=O) groups is 1. The highest BCUT2D eigenvalue weighted by atomic mass is 16.1. The number of amides is 1. The molecular weight excluding hydrogens is 286 g/mol. The van der Waals surface area contributed by atoms with Gasteiger partial charge in [-0.1, -0.05) is 30.4 Å². The van der Waals surface area contributed by atoms with Crippen LogP contribution >= 0.6 is 0 Å². The number of carbonyl (C=O) groups excluding carboxylic acids is 1. The van der Waals surface area contributed by atoms with E-state index in [0.29, 0.717) is 5.57 Å². The Morgan fingerprint density at radius 3 is 2.87 bits per heavy atom. The normalized spacial score (nSPS) is 19.4. The molecule has 110 valence electrons. The van der Waals surface area contributed by atoms with Crippen LogP contribution in [0, 0.1) is 0 Å². The van der Waals surface area contributed by atoms with Crippen LogP contribution in [0.25, 0.3) is 29.5 Å². The Morgan fingerprint density at radius 2 is 2.00 bits per heavy atom. The zero-order chi connectivity index (χ0) is 15.6. The molecule has 2 heterocycles. The molecule has 0 fully saturated rings. The molecule has 2 aromatic rings. The van der Waals surface area contributed by atoms with Gasteiger partial charge >= 0.3 is 0 Å². The van der Waals surface area contributed by atoms with Gasteiger partial charge < -0.3 is 10.3 Å². The monoisotopic (exact) mass is 299 g/mol. The zero-order valence-corrected chi connectivity index (χ0v) is 12.2. The largest absolute Gasteiger partial charge is 0.366 e. The average molecular weight is 299 g/mol. The highest BCUT2D eigenvalue weighted by Gasteiger charge is 2.25. The summed E-state index contributed by atoms with van der Waals surface area (Å²) in [5.41, 5.74) is 9.42. The SMILES string of the molecule is NC(=O)C1=CC=c2c1ccc1c2=CC=C2C1C=Cc1nccn12. The molecule has 4 nitrogen and oxygen atoms in total. The van der Waals surface area contributed by atoms with E-state index >= 15 is 0 Å². The first kappa shape index (κ1) is 12.4. The molecule has 0 saturated carbocycles. The van der Waals surface area contributed by atoms with Gasteiger partial charge in [-0.25, -0.2) is 4.98 Å². The van der Waals surface area contributed by atoms with Crippen molar-refractivity contribution in [3.63, 3.8) is 0 Å². The van der Waals surface area contributed by atoms with Crippen molar-refractivity contribution in [2.45, 2.75) is 5.92 Å². The van der Waals surface area contributed by atoms with Gasteiger partial charge in [0, 0.05) is 29.6 Å². The Balaban J connectivity index is 1.77. The first-order valence-electron chi connectivity index (χ1n) is 7.53. The van der Waals surface area contributed by atoms with E-state index in [2.05, 4.69) is 39.9 Å². The van der Waals surface area contributed by atoms with Gasteiger partial charge in [-0.2, -0.15) is 0 Å². The van der Waals surface area contributed by atoms with Crippen molar-refractivity contribution in [2.75, 3.05) is 0 Å². The van der Waals surface area contributed by atoms with Crippen LogP contribution in [0.5, 0.6) is 0 Å². The smallest absolute Gasteiger partial charge is 0.249 e. The van der Waals surface area contributed by atoms with Gasteiger partial charge in [0.05, 0.1) is 0 Å². The number of primary amides is 1. The van der Waals surface area contributed by atoms with Crippen molar-refractivity contribution in [3.8, 4) is 0 Å². The third-order valence-corrected chi connectivity index (χ3v) is 4.75. The summed E-state index contributed by atoms with van der Waals surface area (Å²) in [6.07, 6.45) is 16.1. The molecule has 1 unspecified atom stereocenters. The summed E-state index contributed by atoms with van der Waals surface area (Å²) in [6, 6.07) is 4.10. The maximum absolute atomic E-state index is 11.6. The minimum absolute atomic E-state index is 0.202. The van der Waals surface area contributed by atoms with Crippen molar-refractivity contribution in [2.24, 2.45) is 5.73 Å². The molecule has 0 spiro atoms. The van der Waals surface area contributed by atoms with Gasteiger partial charge in [0.15, 0.2) is 0 Å². The average Bonchev–Trinajstić information content (AvgIpc) is 3.20. The summed E-state index contributed by atoms with van der Waals surface area (Å²) in [7, 11) is 0. The third kappa shape index (κ3) is 1.55. The van der Waals surface area contributed by atoms with Crippen LogP contribution in [0.2, 0.25) is 0 Å². The summed E-state index contributed by atoms with van der Waals surface area (Å²) >= 11 is 0. The van der Waals surface area contributed by atoms with Crippen molar-refractivity contribution in [1.29, 1.82) is 0 Å². The fourth-order valence-corrected chi connectivity index (χ4v) is 3.70. The summed E-state index contributed by atoms with van der Waals surface area (Å²) in [6.45, 7) is 0. The molecule has 4 heteroatoms. The van der Waals surface area contributed by atoms with E-state index in [4.69, 9.17) is 5.73 Å². The molecule has 1 aromatic heterocycles. The Hall–Kier alpha value is -3.14. The molecule has 3 aliphatic rings. The molecule has 2 aliphatic carbocycles. The zero-order valence-electron chi connectivity index (χ0n) is 12.2. The first-order valence-corrected chi connectivity index (χ1v) is 7.53. The molecule has 1 atom stereocenters. The van der Waals surface area contributed by atoms with Crippen LogP contribution in [0.3, 0.4) is 0 Å². The lowest BCUT2D eigenvalue weighted by molar-refractivity contribution is -0.112. The van der Waals surface area contributed by atoms with Gasteiger partial charge in [-0.3, -0.25) is 4.79 Å². The predicted molar refractivity (Wildman–Crippen MR) is 90.1 cm³/mol. The van der Waals surface area contributed by atoms with Crippen LogP contribution in [0.15, 0.2) is 42.8 Å². The number of allylic oxidation sites excluding steroid dienone is 4. The topological polar surface area (TPSA) is 60.9 Å². The van der Waals surface area contributed by atoms with Crippen LogP contribution in [0.1, 0.15) is 22.9 Å². The quantitative estimate of drug-likeness (QED) is 0.853.